The van der Waals surface area contributed by atoms with Crippen LogP contribution in [0.25, 0.3) is 22.1 Å². The Morgan fingerprint density at radius 1 is 1.00 bits per heavy atom. The molecule has 1 aliphatic rings. The fraction of sp³-hybridized carbons (Fsp3) is 0.333. The number of halogens is 2. The van der Waals surface area contributed by atoms with Crippen LogP contribution in [0.1, 0.15) is 0 Å². The zero-order chi connectivity index (χ0) is 13.5. The van der Waals surface area contributed by atoms with E-state index in [0.29, 0.717) is 0 Å². The van der Waals surface area contributed by atoms with Crippen molar-refractivity contribution in [3.63, 3.8) is 0 Å². The van der Waals surface area contributed by atoms with Crippen molar-refractivity contribution in [3.05, 3.63) is 30.6 Å². The first-order valence-electron chi connectivity index (χ1n) is 6.88. The van der Waals surface area contributed by atoms with E-state index in [2.05, 4.69) is 26.8 Å². The van der Waals surface area contributed by atoms with E-state index < -0.39 is 0 Å². The first kappa shape index (κ1) is 16.8. The van der Waals surface area contributed by atoms with Gasteiger partial charge in [0.15, 0.2) is 11.4 Å². The predicted octanol–water partition coefficient (Wildman–Crippen LogP) is 2.97. The molecule has 22 heavy (non-hydrogen) atoms. The number of rotatable bonds is 1. The molecule has 118 valence electrons. The molecule has 0 saturated carbocycles. The Hall–Kier alpha value is -1.56. The maximum atomic E-state index is 5.98. The van der Waals surface area contributed by atoms with Gasteiger partial charge in [0.2, 0.25) is 0 Å². The van der Waals surface area contributed by atoms with E-state index in [9.17, 15) is 0 Å². The molecule has 0 radical (unpaired) electrons. The number of hydrogen-bond donors (Lipinski definition) is 0. The van der Waals surface area contributed by atoms with Crippen molar-refractivity contribution in [2.45, 2.75) is 0 Å². The number of aromatic nitrogens is 2. The summed E-state index contributed by atoms with van der Waals surface area (Å²) < 4.78 is 5.98. The van der Waals surface area contributed by atoms with Gasteiger partial charge in [-0.15, -0.1) is 24.8 Å². The number of furan rings is 1. The summed E-state index contributed by atoms with van der Waals surface area (Å²) in [6.07, 6.45) is 1.64. The van der Waals surface area contributed by atoms with Gasteiger partial charge in [-0.25, -0.2) is 9.97 Å². The molecular weight excluding hydrogens is 323 g/mol. The average Bonchev–Trinajstić information content (AvgIpc) is 2.87. The molecule has 0 unspecified atom stereocenters. The van der Waals surface area contributed by atoms with E-state index >= 15 is 0 Å². The predicted molar refractivity (Wildman–Crippen MR) is 93.5 cm³/mol. The van der Waals surface area contributed by atoms with Crippen LogP contribution >= 0.6 is 24.8 Å². The smallest absolute Gasteiger partial charge is 0.196 e. The summed E-state index contributed by atoms with van der Waals surface area (Å²) in [7, 11) is 2.15. The van der Waals surface area contributed by atoms with Crippen LogP contribution in [0.5, 0.6) is 0 Å². The van der Waals surface area contributed by atoms with Gasteiger partial charge in [-0.1, -0.05) is 12.1 Å². The highest BCUT2D eigenvalue weighted by atomic mass is 35.5. The quantitative estimate of drug-likeness (QED) is 0.681. The van der Waals surface area contributed by atoms with Gasteiger partial charge in [0.25, 0.3) is 0 Å². The van der Waals surface area contributed by atoms with Gasteiger partial charge in [0, 0.05) is 31.6 Å². The van der Waals surface area contributed by atoms with Crippen molar-refractivity contribution in [2.24, 2.45) is 0 Å². The van der Waals surface area contributed by atoms with Crippen LogP contribution in [-0.4, -0.2) is 48.1 Å². The Morgan fingerprint density at radius 3 is 2.50 bits per heavy atom. The van der Waals surface area contributed by atoms with Crippen molar-refractivity contribution in [1.29, 1.82) is 0 Å². The second-order valence-corrected chi connectivity index (χ2v) is 5.26. The molecule has 1 aliphatic heterocycles. The number of fused-ring (bicyclic) bond motifs is 3. The molecule has 4 rings (SSSR count). The van der Waals surface area contributed by atoms with E-state index in [4.69, 9.17) is 4.42 Å². The summed E-state index contributed by atoms with van der Waals surface area (Å²) in [5.41, 5.74) is 2.58. The Balaban J connectivity index is 0.000000882. The van der Waals surface area contributed by atoms with Gasteiger partial charge < -0.3 is 14.2 Å². The van der Waals surface area contributed by atoms with E-state index in [1.165, 1.54) is 0 Å². The minimum absolute atomic E-state index is 0. The zero-order valence-corrected chi connectivity index (χ0v) is 13.9. The number of para-hydroxylation sites is 1. The fourth-order valence-corrected chi connectivity index (χ4v) is 2.76. The van der Waals surface area contributed by atoms with E-state index in [1.54, 1.807) is 6.33 Å². The van der Waals surface area contributed by atoms with Gasteiger partial charge in [-0.05, 0) is 19.2 Å². The standard InChI is InChI=1S/C15H16N4O.2ClH/c1-18-6-8-19(9-7-18)15-14-13(16-10-17-15)11-4-2-3-5-12(11)20-14;;/h2-5,10H,6-9H2,1H3;2*1H. The van der Waals surface area contributed by atoms with Crippen molar-refractivity contribution in [3.8, 4) is 0 Å². The normalized spacial score (nSPS) is 15.6. The highest BCUT2D eigenvalue weighted by molar-refractivity contribution is 6.05. The minimum Gasteiger partial charge on any atom is -0.450 e. The molecule has 7 heteroatoms. The second kappa shape index (κ2) is 6.69. The molecule has 2 aromatic heterocycles. The van der Waals surface area contributed by atoms with Crippen molar-refractivity contribution >= 4 is 52.7 Å². The molecule has 0 bridgehead atoms. The SMILES string of the molecule is CN1CCN(c2ncnc3c2oc2ccccc23)CC1.Cl.Cl. The van der Waals surface area contributed by atoms with Crippen LogP contribution in [0.2, 0.25) is 0 Å². The highest BCUT2D eigenvalue weighted by Crippen LogP contribution is 2.32. The number of anilines is 1. The molecule has 0 spiro atoms. The molecule has 3 aromatic rings. The summed E-state index contributed by atoms with van der Waals surface area (Å²) in [6, 6.07) is 8.01. The fourth-order valence-electron chi connectivity index (χ4n) is 2.76. The van der Waals surface area contributed by atoms with Crippen molar-refractivity contribution in [2.75, 3.05) is 38.1 Å². The van der Waals surface area contributed by atoms with Crippen LogP contribution in [0.4, 0.5) is 5.82 Å². The number of hydrogen-bond acceptors (Lipinski definition) is 5. The lowest BCUT2D eigenvalue weighted by atomic mass is 10.2. The summed E-state index contributed by atoms with van der Waals surface area (Å²) in [4.78, 5) is 13.5. The van der Waals surface area contributed by atoms with Crippen LogP contribution in [0.3, 0.4) is 0 Å². The number of piperazine rings is 1. The minimum atomic E-state index is 0. The van der Waals surface area contributed by atoms with E-state index in [0.717, 1.165) is 54.1 Å². The van der Waals surface area contributed by atoms with Crippen LogP contribution < -0.4 is 4.90 Å². The topological polar surface area (TPSA) is 45.4 Å². The van der Waals surface area contributed by atoms with Gasteiger partial charge in [-0.3, -0.25) is 0 Å². The number of likely N-dealkylation sites (N-methyl/N-ethyl adjacent to an activating group) is 1. The molecule has 5 nitrogen and oxygen atoms in total. The number of benzene rings is 1. The molecule has 0 aliphatic carbocycles. The molecule has 0 atom stereocenters. The molecular formula is C15H18Cl2N4O. The first-order chi connectivity index (χ1) is 9.83. The number of nitrogens with zero attached hydrogens (tertiary/aromatic N) is 4. The monoisotopic (exact) mass is 340 g/mol. The Labute approximate surface area is 141 Å². The van der Waals surface area contributed by atoms with Crippen LogP contribution in [-0.2, 0) is 0 Å². The third kappa shape index (κ3) is 2.72. The highest BCUT2D eigenvalue weighted by Gasteiger charge is 2.20. The summed E-state index contributed by atoms with van der Waals surface area (Å²) in [5.74, 6) is 0.916. The third-order valence-electron chi connectivity index (χ3n) is 3.94. The van der Waals surface area contributed by atoms with Gasteiger partial charge in [0.1, 0.15) is 17.4 Å². The summed E-state index contributed by atoms with van der Waals surface area (Å²) >= 11 is 0. The maximum absolute atomic E-state index is 5.98. The zero-order valence-electron chi connectivity index (χ0n) is 12.2. The lowest BCUT2D eigenvalue weighted by Gasteiger charge is -2.32. The average molecular weight is 341 g/mol. The van der Waals surface area contributed by atoms with E-state index in [-0.39, 0.29) is 24.8 Å². The van der Waals surface area contributed by atoms with Crippen LogP contribution in [0.15, 0.2) is 35.0 Å². The second-order valence-electron chi connectivity index (χ2n) is 5.26. The Kier molecular flexibility index (Phi) is 5.11. The summed E-state index contributed by atoms with van der Waals surface area (Å²) in [5, 5.41) is 1.06. The third-order valence-corrected chi connectivity index (χ3v) is 3.94. The molecule has 3 heterocycles. The summed E-state index contributed by atoms with van der Waals surface area (Å²) in [6.45, 7) is 4.04. The molecule has 0 amide bonds. The lowest BCUT2D eigenvalue weighted by Crippen LogP contribution is -2.44. The Bertz CT molecular complexity index is 768. The molecule has 1 fully saturated rings. The van der Waals surface area contributed by atoms with E-state index in [1.807, 2.05) is 24.3 Å². The molecule has 1 saturated heterocycles. The molecule has 0 N–H and O–H groups in total. The molecule has 1 aromatic carbocycles. The van der Waals surface area contributed by atoms with Crippen LogP contribution in [0, 0.1) is 0 Å². The van der Waals surface area contributed by atoms with Gasteiger partial charge in [-0.2, -0.15) is 0 Å². The van der Waals surface area contributed by atoms with Gasteiger partial charge >= 0.3 is 0 Å². The first-order valence-corrected chi connectivity index (χ1v) is 6.88. The van der Waals surface area contributed by atoms with Gasteiger partial charge in [0.05, 0.1) is 0 Å². The Morgan fingerprint density at radius 2 is 1.73 bits per heavy atom. The van der Waals surface area contributed by atoms with Crippen molar-refractivity contribution in [1.82, 2.24) is 14.9 Å². The van der Waals surface area contributed by atoms with Crippen molar-refractivity contribution < 1.29 is 4.42 Å². The maximum Gasteiger partial charge on any atom is 0.196 e. The lowest BCUT2D eigenvalue weighted by molar-refractivity contribution is 0.312. The largest absolute Gasteiger partial charge is 0.450 e.